The first-order valence-electron chi connectivity index (χ1n) is 9.07. The standard InChI is InChI=1S/C20H22N4O2/c25-19(24-12-3-5-18(24)17-4-1-2-10-21-17)14-15-6-8-16(9-7-15)23-13-11-22-20(23)26/h1-2,4,6-10,18H,3,5,11-14H2,(H,22,26)/t18-/m1/s1. The highest BCUT2D eigenvalue weighted by Gasteiger charge is 2.30. The third kappa shape index (κ3) is 3.27. The largest absolute Gasteiger partial charge is 0.336 e. The van der Waals surface area contributed by atoms with Gasteiger partial charge < -0.3 is 10.2 Å². The lowest BCUT2D eigenvalue weighted by atomic mass is 10.1. The molecule has 2 aliphatic heterocycles. The summed E-state index contributed by atoms with van der Waals surface area (Å²) in [6, 6.07) is 13.6. The van der Waals surface area contributed by atoms with Gasteiger partial charge in [0.2, 0.25) is 5.91 Å². The van der Waals surface area contributed by atoms with E-state index in [9.17, 15) is 9.59 Å². The number of carbonyl (C=O) groups excluding carboxylic acids is 2. The SMILES string of the molecule is O=C1NCCN1c1ccc(CC(=O)N2CCC[C@@H]2c2ccccn2)cc1. The number of pyridine rings is 1. The molecule has 0 radical (unpaired) electrons. The maximum atomic E-state index is 12.8. The van der Waals surface area contributed by atoms with E-state index in [4.69, 9.17) is 0 Å². The van der Waals surface area contributed by atoms with Crippen LogP contribution in [0.1, 0.15) is 30.1 Å². The van der Waals surface area contributed by atoms with Crippen LogP contribution in [0.5, 0.6) is 0 Å². The van der Waals surface area contributed by atoms with Crippen molar-refractivity contribution in [2.45, 2.75) is 25.3 Å². The number of hydrogen-bond acceptors (Lipinski definition) is 3. The Bertz CT molecular complexity index is 791. The van der Waals surface area contributed by atoms with E-state index in [-0.39, 0.29) is 18.0 Å². The zero-order chi connectivity index (χ0) is 17.9. The van der Waals surface area contributed by atoms with Gasteiger partial charge in [-0.1, -0.05) is 18.2 Å². The molecule has 2 aromatic rings. The quantitative estimate of drug-likeness (QED) is 0.921. The van der Waals surface area contributed by atoms with Gasteiger partial charge in [-0.25, -0.2) is 4.79 Å². The van der Waals surface area contributed by atoms with Crippen LogP contribution < -0.4 is 10.2 Å². The van der Waals surface area contributed by atoms with Crippen molar-refractivity contribution >= 4 is 17.6 Å². The Morgan fingerprint density at radius 2 is 2.00 bits per heavy atom. The van der Waals surface area contributed by atoms with Crippen LogP contribution in [0.2, 0.25) is 0 Å². The van der Waals surface area contributed by atoms with E-state index in [2.05, 4.69) is 10.3 Å². The van der Waals surface area contributed by atoms with E-state index >= 15 is 0 Å². The zero-order valence-electron chi connectivity index (χ0n) is 14.6. The summed E-state index contributed by atoms with van der Waals surface area (Å²) in [4.78, 5) is 32.6. The van der Waals surface area contributed by atoms with Crippen molar-refractivity contribution in [3.8, 4) is 0 Å². The number of carbonyl (C=O) groups is 2. The maximum absolute atomic E-state index is 12.8. The van der Waals surface area contributed by atoms with Crippen LogP contribution in [0.3, 0.4) is 0 Å². The third-order valence-electron chi connectivity index (χ3n) is 5.06. The van der Waals surface area contributed by atoms with Gasteiger partial charge in [-0.15, -0.1) is 0 Å². The number of rotatable bonds is 4. The van der Waals surface area contributed by atoms with Crippen LogP contribution >= 0.6 is 0 Å². The van der Waals surface area contributed by atoms with Crippen LogP contribution in [0, 0.1) is 0 Å². The molecule has 3 amide bonds. The Balaban J connectivity index is 1.43. The molecule has 4 rings (SSSR count). The molecule has 1 aromatic heterocycles. The molecule has 0 bridgehead atoms. The number of urea groups is 1. The van der Waals surface area contributed by atoms with Crippen molar-refractivity contribution < 1.29 is 9.59 Å². The number of likely N-dealkylation sites (tertiary alicyclic amines) is 1. The predicted molar refractivity (Wildman–Crippen MR) is 98.8 cm³/mol. The first-order chi connectivity index (χ1) is 12.7. The van der Waals surface area contributed by atoms with Crippen molar-refractivity contribution in [2.24, 2.45) is 0 Å². The van der Waals surface area contributed by atoms with Crippen LogP contribution in [0.25, 0.3) is 0 Å². The summed E-state index contributed by atoms with van der Waals surface area (Å²) in [5, 5.41) is 2.79. The second-order valence-electron chi connectivity index (χ2n) is 6.73. The van der Waals surface area contributed by atoms with E-state index in [1.807, 2.05) is 47.4 Å². The van der Waals surface area contributed by atoms with Gasteiger partial charge in [-0.3, -0.25) is 14.7 Å². The minimum atomic E-state index is -0.0657. The second-order valence-corrected chi connectivity index (χ2v) is 6.73. The van der Waals surface area contributed by atoms with E-state index in [1.54, 1.807) is 11.1 Å². The number of hydrogen-bond donors (Lipinski definition) is 1. The number of nitrogens with zero attached hydrogens (tertiary/aromatic N) is 3. The summed E-state index contributed by atoms with van der Waals surface area (Å²) in [6.45, 7) is 2.13. The van der Waals surface area contributed by atoms with E-state index in [0.717, 1.165) is 36.3 Å². The summed E-state index contributed by atoms with van der Waals surface area (Å²) in [7, 11) is 0. The first kappa shape index (κ1) is 16.6. The van der Waals surface area contributed by atoms with E-state index in [0.29, 0.717) is 19.5 Å². The Kier molecular flexibility index (Phi) is 4.56. The molecule has 0 spiro atoms. The Labute approximate surface area is 152 Å². The molecular formula is C20H22N4O2. The van der Waals surface area contributed by atoms with E-state index < -0.39 is 0 Å². The van der Waals surface area contributed by atoms with Crippen molar-refractivity contribution in [3.05, 3.63) is 59.9 Å². The van der Waals surface area contributed by atoms with Gasteiger partial charge in [0.05, 0.1) is 18.2 Å². The molecule has 0 saturated carbocycles. The van der Waals surface area contributed by atoms with Gasteiger partial charge in [0.1, 0.15) is 0 Å². The average Bonchev–Trinajstić information content (AvgIpc) is 3.32. The van der Waals surface area contributed by atoms with Gasteiger partial charge in [0.15, 0.2) is 0 Å². The maximum Gasteiger partial charge on any atom is 0.321 e. The molecule has 2 aliphatic rings. The summed E-state index contributed by atoms with van der Waals surface area (Å²) >= 11 is 0. The van der Waals surface area contributed by atoms with Crippen molar-refractivity contribution in [1.29, 1.82) is 0 Å². The molecule has 26 heavy (non-hydrogen) atoms. The monoisotopic (exact) mass is 350 g/mol. The second kappa shape index (κ2) is 7.15. The van der Waals surface area contributed by atoms with Gasteiger partial charge in [-0.2, -0.15) is 0 Å². The molecule has 6 nitrogen and oxygen atoms in total. The molecule has 6 heteroatoms. The highest BCUT2D eigenvalue weighted by molar-refractivity contribution is 5.94. The Hall–Kier alpha value is -2.89. The summed E-state index contributed by atoms with van der Waals surface area (Å²) < 4.78 is 0. The molecule has 134 valence electrons. The minimum absolute atomic E-state index is 0.0657. The third-order valence-corrected chi connectivity index (χ3v) is 5.06. The highest BCUT2D eigenvalue weighted by Crippen LogP contribution is 2.31. The summed E-state index contributed by atoms with van der Waals surface area (Å²) in [5.74, 6) is 0.129. The Morgan fingerprint density at radius 3 is 2.69 bits per heavy atom. The summed E-state index contributed by atoms with van der Waals surface area (Å²) in [6.07, 6.45) is 4.13. The van der Waals surface area contributed by atoms with Crippen molar-refractivity contribution in [2.75, 3.05) is 24.5 Å². The van der Waals surface area contributed by atoms with Gasteiger partial charge in [0.25, 0.3) is 0 Å². The highest BCUT2D eigenvalue weighted by atomic mass is 16.2. The fourth-order valence-electron chi connectivity index (χ4n) is 3.73. The fraction of sp³-hybridized carbons (Fsp3) is 0.350. The molecule has 0 unspecified atom stereocenters. The lowest BCUT2D eigenvalue weighted by Gasteiger charge is -2.24. The number of nitrogens with one attached hydrogen (secondary N) is 1. The van der Waals surface area contributed by atoms with Gasteiger partial charge in [0, 0.05) is 31.5 Å². The molecule has 2 saturated heterocycles. The first-order valence-corrected chi connectivity index (χ1v) is 9.07. The number of aromatic nitrogens is 1. The Morgan fingerprint density at radius 1 is 1.15 bits per heavy atom. The molecule has 2 fully saturated rings. The molecule has 0 aliphatic carbocycles. The number of amides is 3. The molecular weight excluding hydrogens is 328 g/mol. The lowest BCUT2D eigenvalue weighted by Crippen LogP contribution is -2.32. The van der Waals surface area contributed by atoms with Crippen LogP contribution in [0.4, 0.5) is 10.5 Å². The lowest BCUT2D eigenvalue weighted by molar-refractivity contribution is -0.131. The van der Waals surface area contributed by atoms with Gasteiger partial charge in [-0.05, 0) is 42.7 Å². The fourth-order valence-corrected chi connectivity index (χ4v) is 3.73. The molecule has 1 aromatic carbocycles. The topological polar surface area (TPSA) is 65.5 Å². The molecule has 1 atom stereocenters. The number of benzene rings is 1. The van der Waals surface area contributed by atoms with Crippen molar-refractivity contribution in [3.63, 3.8) is 0 Å². The molecule has 3 heterocycles. The summed E-state index contributed by atoms with van der Waals surface area (Å²) in [5.41, 5.74) is 2.79. The smallest absolute Gasteiger partial charge is 0.321 e. The van der Waals surface area contributed by atoms with Crippen LogP contribution in [0.15, 0.2) is 48.7 Å². The van der Waals surface area contributed by atoms with Crippen LogP contribution in [-0.2, 0) is 11.2 Å². The minimum Gasteiger partial charge on any atom is -0.336 e. The van der Waals surface area contributed by atoms with Crippen LogP contribution in [-0.4, -0.2) is 41.5 Å². The average molecular weight is 350 g/mol. The molecule has 1 N–H and O–H groups in total. The van der Waals surface area contributed by atoms with Crippen molar-refractivity contribution in [1.82, 2.24) is 15.2 Å². The zero-order valence-corrected chi connectivity index (χ0v) is 14.6. The van der Waals surface area contributed by atoms with E-state index in [1.165, 1.54) is 0 Å². The normalized spacial score (nSPS) is 19.7. The van der Waals surface area contributed by atoms with Gasteiger partial charge >= 0.3 is 6.03 Å². The predicted octanol–water partition coefficient (Wildman–Crippen LogP) is 2.52. The number of anilines is 1.